The van der Waals surface area contributed by atoms with Gasteiger partial charge in [-0.2, -0.15) is 0 Å². The number of carbonyl (C=O) groups is 1. The minimum Gasteiger partial charge on any atom is -0.376 e. The predicted octanol–water partition coefficient (Wildman–Crippen LogP) is 0.195. The van der Waals surface area contributed by atoms with Crippen molar-refractivity contribution in [3.05, 3.63) is 0 Å². The molecule has 0 heterocycles. The maximum Gasteiger partial charge on any atom is 0.221 e. The van der Waals surface area contributed by atoms with E-state index >= 15 is 0 Å². The molecule has 0 spiro atoms. The first-order valence-electron chi connectivity index (χ1n) is 3.08. The zero-order valence-electron chi connectivity index (χ0n) is 5.92. The van der Waals surface area contributed by atoms with E-state index in [9.17, 15) is 4.79 Å². The van der Waals surface area contributed by atoms with Crippen LogP contribution in [-0.4, -0.2) is 29.2 Å². The summed E-state index contributed by atoms with van der Waals surface area (Å²) in [6, 6.07) is 0. The van der Waals surface area contributed by atoms with Crippen molar-refractivity contribution < 1.29 is 9.90 Å². The standard InChI is InChI=1S/C6H13NO2/c1-3-4-7(5-8)6(2)9/h8H,3-5H2,1-2H3. The summed E-state index contributed by atoms with van der Waals surface area (Å²) < 4.78 is 0. The molecule has 0 saturated heterocycles. The highest BCUT2D eigenvalue weighted by Crippen LogP contribution is 1.88. The van der Waals surface area contributed by atoms with Gasteiger partial charge in [-0.15, -0.1) is 0 Å². The zero-order chi connectivity index (χ0) is 7.28. The molecule has 0 atom stereocenters. The molecule has 0 aromatic carbocycles. The molecule has 1 N–H and O–H groups in total. The molecule has 3 nitrogen and oxygen atoms in total. The van der Waals surface area contributed by atoms with Crippen LogP contribution in [0.5, 0.6) is 0 Å². The number of hydrogen-bond acceptors (Lipinski definition) is 2. The van der Waals surface area contributed by atoms with Crippen LogP contribution >= 0.6 is 0 Å². The van der Waals surface area contributed by atoms with E-state index in [1.807, 2.05) is 6.92 Å². The van der Waals surface area contributed by atoms with Gasteiger partial charge in [0.25, 0.3) is 0 Å². The molecule has 0 aromatic rings. The van der Waals surface area contributed by atoms with Crippen LogP contribution in [0.15, 0.2) is 0 Å². The Balaban J connectivity index is 3.54. The monoisotopic (exact) mass is 131 g/mol. The lowest BCUT2D eigenvalue weighted by Gasteiger charge is -2.15. The zero-order valence-corrected chi connectivity index (χ0v) is 5.92. The summed E-state index contributed by atoms with van der Waals surface area (Å²) in [6.45, 7) is 3.90. The van der Waals surface area contributed by atoms with Crippen molar-refractivity contribution in [2.24, 2.45) is 0 Å². The van der Waals surface area contributed by atoms with E-state index in [2.05, 4.69) is 0 Å². The van der Waals surface area contributed by atoms with Crippen LogP contribution in [0.2, 0.25) is 0 Å². The third-order valence-electron chi connectivity index (χ3n) is 1.11. The Morgan fingerprint density at radius 1 is 1.67 bits per heavy atom. The van der Waals surface area contributed by atoms with Gasteiger partial charge in [0.1, 0.15) is 6.73 Å². The molecule has 0 saturated carbocycles. The molecule has 0 aliphatic carbocycles. The Kier molecular flexibility index (Phi) is 4.05. The number of aliphatic hydroxyl groups is 1. The van der Waals surface area contributed by atoms with Crippen molar-refractivity contribution in [1.82, 2.24) is 4.90 Å². The van der Waals surface area contributed by atoms with Crippen LogP contribution < -0.4 is 0 Å². The molecule has 0 aliphatic heterocycles. The van der Waals surface area contributed by atoms with E-state index in [1.54, 1.807) is 0 Å². The topological polar surface area (TPSA) is 40.5 Å². The van der Waals surface area contributed by atoms with E-state index < -0.39 is 0 Å². The summed E-state index contributed by atoms with van der Waals surface area (Å²) in [4.78, 5) is 11.9. The molecule has 9 heavy (non-hydrogen) atoms. The van der Waals surface area contributed by atoms with Crippen molar-refractivity contribution in [2.45, 2.75) is 20.3 Å². The van der Waals surface area contributed by atoms with E-state index in [1.165, 1.54) is 11.8 Å². The van der Waals surface area contributed by atoms with Crippen LogP contribution in [0.25, 0.3) is 0 Å². The summed E-state index contributed by atoms with van der Waals surface area (Å²) in [5.41, 5.74) is 0. The number of carbonyl (C=O) groups excluding carboxylic acids is 1. The Morgan fingerprint density at radius 3 is 2.33 bits per heavy atom. The van der Waals surface area contributed by atoms with Gasteiger partial charge >= 0.3 is 0 Å². The SMILES string of the molecule is CCCN(CO)C(C)=O. The Hall–Kier alpha value is -0.570. The molecule has 54 valence electrons. The van der Waals surface area contributed by atoms with Crippen molar-refractivity contribution in [1.29, 1.82) is 0 Å². The second-order valence-electron chi connectivity index (χ2n) is 1.92. The lowest BCUT2D eigenvalue weighted by Crippen LogP contribution is -2.30. The minimum atomic E-state index is -0.164. The molecule has 0 rings (SSSR count). The van der Waals surface area contributed by atoms with E-state index in [4.69, 9.17) is 5.11 Å². The lowest BCUT2D eigenvalue weighted by molar-refractivity contribution is -0.132. The normalized spacial score (nSPS) is 9.22. The number of rotatable bonds is 3. The predicted molar refractivity (Wildman–Crippen MR) is 34.8 cm³/mol. The number of amides is 1. The highest BCUT2D eigenvalue weighted by Gasteiger charge is 2.02. The van der Waals surface area contributed by atoms with Gasteiger partial charge in [0.05, 0.1) is 0 Å². The Morgan fingerprint density at radius 2 is 2.22 bits per heavy atom. The largest absolute Gasteiger partial charge is 0.376 e. The van der Waals surface area contributed by atoms with E-state index in [0.717, 1.165) is 6.42 Å². The van der Waals surface area contributed by atoms with Gasteiger partial charge in [-0.3, -0.25) is 4.79 Å². The van der Waals surface area contributed by atoms with Crippen molar-refractivity contribution in [3.63, 3.8) is 0 Å². The smallest absolute Gasteiger partial charge is 0.221 e. The molecule has 0 unspecified atom stereocenters. The summed E-state index contributed by atoms with van der Waals surface area (Å²) in [5, 5.41) is 8.53. The fourth-order valence-electron chi connectivity index (χ4n) is 0.598. The van der Waals surface area contributed by atoms with Gasteiger partial charge in [-0.05, 0) is 6.42 Å². The molecule has 0 radical (unpaired) electrons. The Labute approximate surface area is 55.3 Å². The molecule has 3 heteroatoms. The van der Waals surface area contributed by atoms with Crippen molar-refractivity contribution in [2.75, 3.05) is 13.3 Å². The minimum absolute atomic E-state index is 0.0700. The van der Waals surface area contributed by atoms with Gasteiger partial charge in [-0.25, -0.2) is 0 Å². The van der Waals surface area contributed by atoms with Gasteiger partial charge in [0, 0.05) is 13.5 Å². The molecule has 0 fully saturated rings. The summed E-state index contributed by atoms with van der Waals surface area (Å²) >= 11 is 0. The summed E-state index contributed by atoms with van der Waals surface area (Å²) in [6.07, 6.45) is 0.889. The van der Waals surface area contributed by atoms with Crippen molar-refractivity contribution >= 4 is 5.91 Å². The summed E-state index contributed by atoms with van der Waals surface area (Å²) in [5.74, 6) is -0.0700. The summed E-state index contributed by atoms with van der Waals surface area (Å²) in [7, 11) is 0. The fourth-order valence-corrected chi connectivity index (χ4v) is 0.598. The first-order chi connectivity index (χ1) is 4.22. The van der Waals surface area contributed by atoms with E-state index in [0.29, 0.717) is 6.54 Å². The molecular weight excluding hydrogens is 118 g/mol. The fraction of sp³-hybridized carbons (Fsp3) is 0.833. The number of nitrogens with zero attached hydrogens (tertiary/aromatic N) is 1. The van der Waals surface area contributed by atoms with Crippen LogP contribution in [0.4, 0.5) is 0 Å². The third-order valence-corrected chi connectivity index (χ3v) is 1.11. The second-order valence-corrected chi connectivity index (χ2v) is 1.92. The maximum atomic E-state index is 10.5. The van der Waals surface area contributed by atoms with Gasteiger partial charge < -0.3 is 10.0 Å². The number of hydrogen-bond donors (Lipinski definition) is 1. The van der Waals surface area contributed by atoms with Crippen LogP contribution in [0, 0.1) is 0 Å². The highest BCUT2D eigenvalue weighted by molar-refractivity contribution is 5.72. The van der Waals surface area contributed by atoms with Crippen LogP contribution in [0.3, 0.4) is 0 Å². The maximum absolute atomic E-state index is 10.5. The first kappa shape index (κ1) is 8.43. The van der Waals surface area contributed by atoms with Gasteiger partial charge in [-0.1, -0.05) is 6.92 Å². The molecule has 0 aliphatic rings. The third kappa shape index (κ3) is 3.08. The molecular formula is C6H13NO2. The molecule has 1 amide bonds. The quantitative estimate of drug-likeness (QED) is 0.556. The highest BCUT2D eigenvalue weighted by atomic mass is 16.3. The molecule has 0 bridgehead atoms. The average Bonchev–Trinajstić information content (AvgIpc) is 1.82. The van der Waals surface area contributed by atoms with E-state index in [-0.39, 0.29) is 12.6 Å². The van der Waals surface area contributed by atoms with Crippen LogP contribution in [0.1, 0.15) is 20.3 Å². The van der Waals surface area contributed by atoms with Crippen molar-refractivity contribution in [3.8, 4) is 0 Å². The number of aliphatic hydroxyl groups excluding tert-OH is 1. The second kappa shape index (κ2) is 4.32. The average molecular weight is 131 g/mol. The Bertz CT molecular complexity index is 93.1. The van der Waals surface area contributed by atoms with Gasteiger partial charge in [0.2, 0.25) is 5.91 Å². The van der Waals surface area contributed by atoms with Crippen LogP contribution in [-0.2, 0) is 4.79 Å². The molecule has 0 aromatic heterocycles. The first-order valence-corrected chi connectivity index (χ1v) is 3.08. The lowest BCUT2D eigenvalue weighted by atomic mass is 10.4. The van der Waals surface area contributed by atoms with Gasteiger partial charge in [0.15, 0.2) is 0 Å².